The molecule has 1 aliphatic carbocycles. The third-order valence-electron chi connectivity index (χ3n) is 2.95. The van der Waals surface area contributed by atoms with Gasteiger partial charge in [-0.25, -0.2) is 0 Å². The molecule has 1 rings (SSSR count). The molecule has 1 saturated carbocycles. The van der Waals surface area contributed by atoms with Gasteiger partial charge in [0.2, 0.25) is 5.91 Å². The van der Waals surface area contributed by atoms with Gasteiger partial charge in [-0.1, -0.05) is 45.4 Å². The van der Waals surface area contributed by atoms with Gasteiger partial charge < -0.3 is 10.8 Å². The van der Waals surface area contributed by atoms with Crippen LogP contribution in [0.15, 0.2) is 0 Å². The summed E-state index contributed by atoms with van der Waals surface area (Å²) < 4.78 is 0. The lowest BCUT2D eigenvalue weighted by molar-refractivity contribution is -0.138. The van der Waals surface area contributed by atoms with Gasteiger partial charge in [-0.2, -0.15) is 0 Å². The van der Waals surface area contributed by atoms with E-state index in [0.717, 1.165) is 25.7 Å². The Bertz CT molecular complexity index is 237. The van der Waals surface area contributed by atoms with Gasteiger partial charge in [0.15, 0.2) is 0 Å². The van der Waals surface area contributed by atoms with Crippen LogP contribution in [0.5, 0.6) is 0 Å². The van der Waals surface area contributed by atoms with Crippen molar-refractivity contribution in [1.82, 2.24) is 0 Å². The quantitative estimate of drug-likeness (QED) is 0.623. The number of carboxylic acid groups (broad SMARTS) is 1. The van der Waals surface area contributed by atoms with E-state index in [4.69, 9.17) is 10.8 Å². The van der Waals surface area contributed by atoms with Gasteiger partial charge >= 0.3 is 5.97 Å². The predicted molar refractivity (Wildman–Crippen MR) is 72.2 cm³/mol. The van der Waals surface area contributed by atoms with E-state index in [0.29, 0.717) is 6.42 Å². The summed E-state index contributed by atoms with van der Waals surface area (Å²) in [6.45, 7) is 2.22. The highest BCUT2D eigenvalue weighted by Gasteiger charge is 2.28. The Morgan fingerprint density at radius 1 is 1.06 bits per heavy atom. The summed E-state index contributed by atoms with van der Waals surface area (Å²) in [4.78, 5) is 20.1. The lowest BCUT2D eigenvalue weighted by Gasteiger charge is -1.98. The molecule has 0 atom stereocenters. The molecular formula is C14H27NO3. The van der Waals surface area contributed by atoms with Crippen LogP contribution in [0.1, 0.15) is 71.1 Å². The summed E-state index contributed by atoms with van der Waals surface area (Å²) in [5, 5.41) is 8.05. The molecule has 0 unspecified atom stereocenters. The molecule has 0 saturated heterocycles. The fraction of sp³-hybridized carbons (Fsp3) is 0.857. The van der Waals surface area contributed by atoms with E-state index in [9.17, 15) is 9.59 Å². The number of hydrogen-bond acceptors (Lipinski definition) is 2. The summed E-state index contributed by atoms with van der Waals surface area (Å²) in [5.41, 5.74) is 5.02. The zero-order valence-electron chi connectivity index (χ0n) is 11.5. The second kappa shape index (κ2) is 11.1. The van der Waals surface area contributed by atoms with Gasteiger partial charge in [-0.3, -0.25) is 9.59 Å². The summed E-state index contributed by atoms with van der Waals surface area (Å²) in [7, 11) is 0. The number of amides is 1. The van der Waals surface area contributed by atoms with Gasteiger partial charge in [0.25, 0.3) is 0 Å². The minimum Gasteiger partial charge on any atom is -0.481 e. The smallest absolute Gasteiger partial charge is 0.306 e. The Kier molecular flexibility index (Phi) is 10.4. The van der Waals surface area contributed by atoms with Crippen LogP contribution in [-0.4, -0.2) is 17.0 Å². The normalized spacial score (nSPS) is 13.6. The lowest BCUT2D eigenvalue weighted by Crippen LogP contribution is -2.09. The number of nitrogens with two attached hydrogens (primary N) is 1. The second-order valence-electron chi connectivity index (χ2n) is 4.95. The van der Waals surface area contributed by atoms with Gasteiger partial charge in [-0.05, 0) is 19.3 Å². The molecule has 0 aromatic rings. The Hall–Kier alpha value is -1.06. The van der Waals surface area contributed by atoms with Gasteiger partial charge in [0, 0.05) is 6.42 Å². The largest absolute Gasteiger partial charge is 0.481 e. The van der Waals surface area contributed by atoms with Crippen LogP contribution in [0, 0.1) is 5.92 Å². The van der Waals surface area contributed by atoms with Crippen LogP contribution in [0.25, 0.3) is 0 Å². The summed E-state index contributed by atoms with van der Waals surface area (Å²) in [5.74, 6) is -0.774. The van der Waals surface area contributed by atoms with Crippen LogP contribution in [0.3, 0.4) is 0 Å². The maximum Gasteiger partial charge on any atom is 0.306 e. The first kappa shape index (κ1) is 16.9. The van der Waals surface area contributed by atoms with E-state index in [2.05, 4.69) is 6.92 Å². The number of carboxylic acids is 1. The first-order chi connectivity index (χ1) is 8.57. The Balaban J connectivity index is 0.000000397. The van der Waals surface area contributed by atoms with Crippen molar-refractivity contribution in [3.63, 3.8) is 0 Å². The van der Waals surface area contributed by atoms with E-state index >= 15 is 0 Å². The molecule has 0 aliphatic heterocycles. The topological polar surface area (TPSA) is 80.4 Å². The Labute approximate surface area is 110 Å². The van der Waals surface area contributed by atoms with Gasteiger partial charge in [-0.15, -0.1) is 0 Å². The van der Waals surface area contributed by atoms with Crippen LogP contribution in [0.4, 0.5) is 0 Å². The SMILES string of the molecule is CCCCCCCCCC(N)=O.O=C(O)C1CC1. The van der Waals surface area contributed by atoms with Crippen molar-refractivity contribution >= 4 is 11.9 Å². The number of aliphatic carboxylic acids is 1. The molecule has 0 bridgehead atoms. The highest BCUT2D eigenvalue weighted by atomic mass is 16.4. The maximum atomic E-state index is 10.4. The molecule has 4 heteroatoms. The molecule has 18 heavy (non-hydrogen) atoms. The van der Waals surface area contributed by atoms with E-state index in [-0.39, 0.29) is 11.8 Å². The minimum absolute atomic E-state index is 0.0185. The summed E-state index contributed by atoms with van der Waals surface area (Å²) >= 11 is 0. The molecule has 0 heterocycles. The van der Waals surface area contributed by atoms with Crippen molar-refractivity contribution in [2.45, 2.75) is 71.1 Å². The molecule has 106 valence electrons. The van der Waals surface area contributed by atoms with E-state index in [1.54, 1.807) is 0 Å². The fourth-order valence-electron chi connectivity index (χ4n) is 1.59. The Morgan fingerprint density at radius 2 is 1.56 bits per heavy atom. The molecule has 1 amide bonds. The number of rotatable bonds is 9. The average Bonchev–Trinajstić information content (AvgIpc) is 3.12. The Morgan fingerprint density at radius 3 is 1.89 bits per heavy atom. The molecule has 1 aliphatic rings. The molecule has 1 fully saturated rings. The zero-order valence-corrected chi connectivity index (χ0v) is 11.5. The number of hydrogen-bond donors (Lipinski definition) is 2. The number of carbonyl (C=O) groups is 2. The monoisotopic (exact) mass is 257 g/mol. The molecule has 0 spiro atoms. The van der Waals surface area contributed by atoms with E-state index in [1.165, 1.54) is 32.1 Å². The van der Waals surface area contributed by atoms with Crippen molar-refractivity contribution in [2.24, 2.45) is 11.7 Å². The average molecular weight is 257 g/mol. The third kappa shape index (κ3) is 13.0. The second-order valence-corrected chi connectivity index (χ2v) is 4.95. The number of primary amides is 1. The van der Waals surface area contributed by atoms with Crippen molar-refractivity contribution < 1.29 is 14.7 Å². The zero-order chi connectivity index (χ0) is 13.8. The van der Waals surface area contributed by atoms with Crippen molar-refractivity contribution in [2.75, 3.05) is 0 Å². The van der Waals surface area contributed by atoms with E-state index in [1.807, 2.05) is 0 Å². The van der Waals surface area contributed by atoms with Crippen LogP contribution in [-0.2, 0) is 9.59 Å². The molecule has 0 radical (unpaired) electrons. The van der Waals surface area contributed by atoms with Gasteiger partial charge in [0.1, 0.15) is 0 Å². The summed E-state index contributed by atoms with van der Waals surface area (Å²) in [6, 6.07) is 0. The third-order valence-corrected chi connectivity index (χ3v) is 2.95. The molecular weight excluding hydrogens is 230 g/mol. The van der Waals surface area contributed by atoms with Crippen LogP contribution >= 0.6 is 0 Å². The van der Waals surface area contributed by atoms with Gasteiger partial charge in [0.05, 0.1) is 5.92 Å². The maximum absolute atomic E-state index is 10.4. The summed E-state index contributed by atoms with van der Waals surface area (Å²) in [6.07, 6.45) is 11.0. The van der Waals surface area contributed by atoms with Crippen molar-refractivity contribution in [3.05, 3.63) is 0 Å². The van der Waals surface area contributed by atoms with E-state index < -0.39 is 5.97 Å². The lowest BCUT2D eigenvalue weighted by atomic mass is 10.1. The van der Waals surface area contributed by atoms with Crippen molar-refractivity contribution in [3.8, 4) is 0 Å². The molecule has 3 N–H and O–H groups in total. The minimum atomic E-state index is -0.630. The molecule has 0 aromatic heterocycles. The fourth-order valence-corrected chi connectivity index (χ4v) is 1.59. The highest BCUT2D eigenvalue weighted by Crippen LogP contribution is 2.28. The first-order valence-corrected chi connectivity index (χ1v) is 7.09. The van der Waals surface area contributed by atoms with Crippen molar-refractivity contribution in [1.29, 1.82) is 0 Å². The van der Waals surface area contributed by atoms with Crippen LogP contribution in [0.2, 0.25) is 0 Å². The van der Waals surface area contributed by atoms with Crippen LogP contribution < -0.4 is 5.73 Å². The number of unbranched alkanes of at least 4 members (excludes halogenated alkanes) is 6. The first-order valence-electron chi connectivity index (χ1n) is 7.09. The predicted octanol–water partition coefficient (Wildman–Crippen LogP) is 3.09. The molecule has 4 nitrogen and oxygen atoms in total. The molecule has 0 aromatic carbocycles. The highest BCUT2D eigenvalue weighted by molar-refractivity contribution is 5.73. The number of carbonyl (C=O) groups excluding carboxylic acids is 1. The standard InChI is InChI=1S/C10H21NO.C4H6O2/c1-2-3-4-5-6-7-8-9-10(11)12;5-4(6)3-1-2-3/h2-9H2,1H3,(H2,11,12);3H,1-2H2,(H,5,6).